The maximum atomic E-state index is 12.0. The number of nitrogens with zero attached hydrogens (tertiary/aromatic N) is 3. The maximum absolute atomic E-state index is 12.0. The highest BCUT2D eigenvalue weighted by Gasteiger charge is 2.36. The minimum Gasteiger partial charge on any atom is -0.467 e. The molecule has 1 atom stereocenters. The van der Waals surface area contributed by atoms with E-state index in [9.17, 15) is 14.9 Å². The average molecular weight is 388 g/mol. The van der Waals surface area contributed by atoms with Crippen LogP contribution in [0.4, 0.5) is 11.4 Å². The van der Waals surface area contributed by atoms with Gasteiger partial charge in [-0.05, 0) is 24.5 Å². The molecule has 0 spiro atoms. The summed E-state index contributed by atoms with van der Waals surface area (Å²) < 4.78 is 4.89. The van der Waals surface area contributed by atoms with Crippen LogP contribution in [0, 0.1) is 23.0 Å². The van der Waals surface area contributed by atoms with E-state index in [0.29, 0.717) is 23.9 Å². The lowest BCUT2D eigenvalue weighted by atomic mass is 10.2. The Morgan fingerprint density at radius 3 is 2.72 bits per heavy atom. The molecule has 25 heavy (non-hydrogen) atoms. The van der Waals surface area contributed by atoms with Crippen molar-refractivity contribution in [1.29, 1.82) is 0 Å². The van der Waals surface area contributed by atoms with Crippen LogP contribution in [0.3, 0.4) is 0 Å². The van der Waals surface area contributed by atoms with Gasteiger partial charge in [0, 0.05) is 24.4 Å². The van der Waals surface area contributed by atoms with Crippen molar-refractivity contribution in [2.45, 2.75) is 26.8 Å². The third-order valence-electron chi connectivity index (χ3n) is 3.63. The molecule has 1 aliphatic rings. The SMILES string of the molecule is COC(=O)[C@H]1CSC(=Nc2ccc([N+](=O)[O-])cc2C)N1CC(C)C.Cl. The Balaban J connectivity index is 0.00000312. The van der Waals surface area contributed by atoms with Gasteiger partial charge in [-0.15, -0.1) is 12.4 Å². The monoisotopic (exact) mass is 387 g/mol. The number of esters is 1. The van der Waals surface area contributed by atoms with E-state index in [4.69, 9.17) is 4.74 Å². The number of carbonyl (C=O) groups is 1. The molecule has 0 amide bonds. The molecule has 0 aliphatic carbocycles. The quantitative estimate of drug-likeness (QED) is 0.436. The Labute approximate surface area is 157 Å². The van der Waals surface area contributed by atoms with Crippen molar-refractivity contribution < 1.29 is 14.5 Å². The summed E-state index contributed by atoms with van der Waals surface area (Å²) in [6.07, 6.45) is 0. The second-order valence-electron chi connectivity index (χ2n) is 6.02. The number of aliphatic imine (C=N–C) groups is 1. The Morgan fingerprint density at radius 2 is 2.20 bits per heavy atom. The van der Waals surface area contributed by atoms with Crippen LogP contribution in [0.5, 0.6) is 0 Å². The molecule has 0 unspecified atom stereocenters. The summed E-state index contributed by atoms with van der Waals surface area (Å²) in [5.41, 5.74) is 1.44. The van der Waals surface area contributed by atoms with Gasteiger partial charge >= 0.3 is 5.97 Å². The fraction of sp³-hybridized carbons (Fsp3) is 0.500. The van der Waals surface area contributed by atoms with Crippen molar-refractivity contribution >= 4 is 46.7 Å². The van der Waals surface area contributed by atoms with Gasteiger partial charge in [-0.3, -0.25) is 10.1 Å². The lowest BCUT2D eigenvalue weighted by molar-refractivity contribution is -0.384. The van der Waals surface area contributed by atoms with Crippen molar-refractivity contribution in [3.05, 3.63) is 33.9 Å². The molecule has 0 aromatic heterocycles. The van der Waals surface area contributed by atoms with E-state index in [1.54, 1.807) is 13.0 Å². The number of nitro benzene ring substituents is 1. The van der Waals surface area contributed by atoms with E-state index in [1.807, 2.05) is 4.90 Å². The van der Waals surface area contributed by atoms with Gasteiger partial charge in [-0.2, -0.15) is 0 Å². The first-order valence-corrected chi connectivity index (χ1v) is 8.63. The predicted molar refractivity (Wildman–Crippen MR) is 102 cm³/mol. The summed E-state index contributed by atoms with van der Waals surface area (Å²) in [6.45, 7) is 6.63. The Hall–Kier alpha value is -1.80. The fourth-order valence-electron chi connectivity index (χ4n) is 2.47. The number of hydrogen-bond acceptors (Lipinski definition) is 6. The van der Waals surface area contributed by atoms with Gasteiger partial charge in [-0.25, -0.2) is 9.79 Å². The standard InChI is InChI=1S/C16H21N3O4S.ClH/c1-10(2)8-18-14(15(20)23-4)9-24-16(18)17-13-6-5-12(19(21)22)7-11(13)3;/h5-7,10,14H,8-9H2,1-4H3;1H/t14-;/m1./s1. The van der Waals surface area contributed by atoms with Crippen LogP contribution in [-0.2, 0) is 9.53 Å². The summed E-state index contributed by atoms with van der Waals surface area (Å²) in [5, 5.41) is 11.6. The molecule has 138 valence electrons. The summed E-state index contributed by atoms with van der Waals surface area (Å²) in [7, 11) is 1.39. The minimum absolute atomic E-state index is 0. The molecule has 1 fully saturated rings. The van der Waals surface area contributed by atoms with E-state index in [-0.39, 0.29) is 30.1 Å². The third-order valence-corrected chi connectivity index (χ3v) is 4.70. The molecule has 0 radical (unpaired) electrons. The van der Waals surface area contributed by atoms with Crippen LogP contribution in [-0.4, -0.2) is 46.4 Å². The van der Waals surface area contributed by atoms with Crippen molar-refractivity contribution in [2.75, 3.05) is 19.4 Å². The van der Waals surface area contributed by atoms with Crippen LogP contribution in [0.2, 0.25) is 0 Å². The molecule has 1 aromatic rings. The summed E-state index contributed by atoms with van der Waals surface area (Å²) >= 11 is 1.50. The first kappa shape index (κ1) is 21.2. The largest absolute Gasteiger partial charge is 0.467 e. The normalized spacial score (nSPS) is 18.4. The highest BCUT2D eigenvalue weighted by Crippen LogP contribution is 2.31. The van der Waals surface area contributed by atoms with Crippen molar-refractivity contribution in [1.82, 2.24) is 4.90 Å². The average Bonchev–Trinajstić information content (AvgIpc) is 2.90. The summed E-state index contributed by atoms with van der Waals surface area (Å²) in [4.78, 5) is 29.0. The first-order chi connectivity index (χ1) is 11.3. The lowest BCUT2D eigenvalue weighted by Gasteiger charge is -2.25. The van der Waals surface area contributed by atoms with Gasteiger partial charge in [0.1, 0.15) is 6.04 Å². The van der Waals surface area contributed by atoms with Gasteiger partial charge < -0.3 is 9.64 Å². The van der Waals surface area contributed by atoms with Gasteiger partial charge in [0.2, 0.25) is 0 Å². The topological polar surface area (TPSA) is 85.0 Å². The highest BCUT2D eigenvalue weighted by atomic mass is 35.5. The smallest absolute Gasteiger partial charge is 0.329 e. The number of amidine groups is 1. The molecule has 1 aliphatic heterocycles. The van der Waals surface area contributed by atoms with E-state index >= 15 is 0 Å². The zero-order chi connectivity index (χ0) is 17.9. The van der Waals surface area contributed by atoms with Gasteiger partial charge in [0.15, 0.2) is 5.17 Å². The number of carbonyl (C=O) groups excluding carboxylic acids is 1. The molecular formula is C16H22ClN3O4S. The van der Waals surface area contributed by atoms with Crippen LogP contribution in [0.1, 0.15) is 19.4 Å². The Bertz CT molecular complexity index is 681. The number of halogens is 1. The number of thioether (sulfide) groups is 1. The molecule has 0 N–H and O–H groups in total. The zero-order valence-electron chi connectivity index (χ0n) is 14.6. The predicted octanol–water partition coefficient (Wildman–Crippen LogP) is 3.56. The zero-order valence-corrected chi connectivity index (χ0v) is 16.2. The Kier molecular flexibility index (Phi) is 7.69. The second-order valence-corrected chi connectivity index (χ2v) is 7.01. The number of hydrogen-bond donors (Lipinski definition) is 0. The van der Waals surface area contributed by atoms with Crippen LogP contribution >= 0.6 is 24.2 Å². The maximum Gasteiger partial charge on any atom is 0.329 e. The molecule has 7 nitrogen and oxygen atoms in total. The number of ether oxygens (including phenoxy) is 1. The van der Waals surface area contributed by atoms with Crippen molar-refractivity contribution in [3.63, 3.8) is 0 Å². The number of methoxy groups -OCH3 is 1. The molecular weight excluding hydrogens is 366 g/mol. The van der Waals surface area contributed by atoms with E-state index in [0.717, 1.165) is 10.7 Å². The van der Waals surface area contributed by atoms with Crippen LogP contribution in [0.15, 0.2) is 23.2 Å². The summed E-state index contributed by atoms with van der Waals surface area (Å²) in [6, 6.07) is 4.24. The number of rotatable bonds is 5. The fourth-order valence-corrected chi connectivity index (χ4v) is 3.62. The summed E-state index contributed by atoms with van der Waals surface area (Å²) in [5.74, 6) is 0.678. The number of benzene rings is 1. The van der Waals surface area contributed by atoms with E-state index in [1.165, 1.54) is 31.0 Å². The molecule has 1 saturated heterocycles. The second kappa shape index (κ2) is 9.05. The first-order valence-electron chi connectivity index (χ1n) is 7.64. The lowest BCUT2D eigenvalue weighted by Crippen LogP contribution is -2.42. The number of nitro groups is 1. The number of non-ortho nitro benzene ring substituents is 1. The molecule has 0 saturated carbocycles. The van der Waals surface area contributed by atoms with Crippen LogP contribution in [0.25, 0.3) is 0 Å². The third kappa shape index (κ3) is 5.09. The molecule has 0 bridgehead atoms. The number of aryl methyl sites for hydroxylation is 1. The van der Waals surface area contributed by atoms with E-state index < -0.39 is 4.92 Å². The molecule has 1 heterocycles. The highest BCUT2D eigenvalue weighted by molar-refractivity contribution is 8.14. The van der Waals surface area contributed by atoms with Crippen LogP contribution < -0.4 is 0 Å². The minimum atomic E-state index is -0.424. The van der Waals surface area contributed by atoms with E-state index in [2.05, 4.69) is 18.8 Å². The van der Waals surface area contributed by atoms with Gasteiger partial charge in [0.25, 0.3) is 5.69 Å². The molecule has 1 aromatic carbocycles. The van der Waals surface area contributed by atoms with Gasteiger partial charge in [-0.1, -0.05) is 25.6 Å². The van der Waals surface area contributed by atoms with Crippen molar-refractivity contribution in [2.24, 2.45) is 10.9 Å². The molecule has 2 rings (SSSR count). The van der Waals surface area contributed by atoms with Gasteiger partial charge in [0.05, 0.1) is 17.7 Å². The van der Waals surface area contributed by atoms with Crippen molar-refractivity contribution in [3.8, 4) is 0 Å². The molecule has 9 heteroatoms. The Morgan fingerprint density at radius 1 is 1.52 bits per heavy atom.